The second-order valence-corrected chi connectivity index (χ2v) is 9.54. The Balaban J connectivity index is 1.47. The number of pyridine rings is 1. The van der Waals surface area contributed by atoms with Crippen LogP contribution in [0.2, 0.25) is 0 Å². The number of carboxylic acid groups (broad SMARTS) is 1. The van der Waals surface area contributed by atoms with Crippen molar-refractivity contribution < 1.29 is 29.0 Å². The molecule has 37 heavy (non-hydrogen) atoms. The highest BCUT2D eigenvalue weighted by Crippen LogP contribution is 2.37. The summed E-state index contributed by atoms with van der Waals surface area (Å²) in [7, 11) is 1.51. The number of rotatable bonds is 9. The molecule has 0 spiro atoms. The smallest absolute Gasteiger partial charge is 0.315 e. The predicted octanol–water partition coefficient (Wildman–Crippen LogP) is 4.69. The Morgan fingerprint density at radius 3 is 2.30 bits per heavy atom. The van der Waals surface area contributed by atoms with Crippen molar-refractivity contribution in [3.63, 3.8) is 0 Å². The van der Waals surface area contributed by atoms with E-state index in [1.807, 2.05) is 0 Å². The Morgan fingerprint density at radius 2 is 1.59 bits per heavy atom. The van der Waals surface area contributed by atoms with Crippen LogP contribution in [-0.2, 0) is 20.8 Å². The van der Waals surface area contributed by atoms with E-state index in [4.69, 9.17) is 9.47 Å². The number of carbonyl (C=O) groups excluding carboxylic acids is 2. The predicted molar refractivity (Wildman–Crippen MR) is 139 cm³/mol. The molecule has 12 heteroatoms. The van der Waals surface area contributed by atoms with Crippen LogP contribution in [0.4, 0.5) is 10.8 Å². The molecule has 2 aromatic carbocycles. The van der Waals surface area contributed by atoms with Crippen LogP contribution in [0, 0.1) is 0 Å². The SMILES string of the molecule is COc1ccccc1Oc1ccccc1NC(=O)C(=O)Nc1nc(CC(=O)O)c(Sc2ccccn2)s1. The van der Waals surface area contributed by atoms with Gasteiger partial charge in [0.1, 0.15) is 5.03 Å². The third-order valence-electron chi connectivity index (χ3n) is 4.67. The minimum atomic E-state index is -1.07. The standard InChI is InChI=1S/C25H20N4O6S2/c1-34-18-10-4-5-11-19(18)35-17-9-3-2-8-15(17)27-22(32)23(33)29-25-28-16(14-21(30)31)24(37-25)36-20-12-6-7-13-26-20/h2-13H,14H2,1H3,(H,27,32)(H,30,31)(H,28,29,33). The summed E-state index contributed by atoms with van der Waals surface area (Å²) >= 11 is 2.28. The van der Waals surface area contributed by atoms with Crippen molar-refractivity contribution in [2.75, 3.05) is 17.7 Å². The van der Waals surface area contributed by atoms with E-state index < -0.39 is 17.8 Å². The number of para-hydroxylation sites is 4. The molecule has 0 radical (unpaired) electrons. The molecule has 2 heterocycles. The van der Waals surface area contributed by atoms with Gasteiger partial charge < -0.3 is 19.9 Å². The fourth-order valence-electron chi connectivity index (χ4n) is 3.04. The maximum atomic E-state index is 12.7. The monoisotopic (exact) mass is 536 g/mol. The summed E-state index contributed by atoms with van der Waals surface area (Å²) in [4.78, 5) is 45.0. The number of aromatic nitrogens is 2. The number of nitrogens with zero attached hydrogens (tertiary/aromatic N) is 2. The van der Waals surface area contributed by atoms with E-state index in [1.54, 1.807) is 72.9 Å². The van der Waals surface area contributed by atoms with Crippen LogP contribution in [0.15, 0.2) is 82.2 Å². The number of carboxylic acids is 1. The lowest BCUT2D eigenvalue weighted by Gasteiger charge is -2.13. The minimum Gasteiger partial charge on any atom is -0.493 e. The Hall–Kier alpha value is -4.42. The number of thiazole rings is 1. The fraction of sp³-hybridized carbons (Fsp3) is 0.0800. The first-order valence-electron chi connectivity index (χ1n) is 10.8. The first-order chi connectivity index (χ1) is 17.9. The number of carbonyl (C=O) groups is 3. The number of ether oxygens (including phenoxy) is 2. The molecule has 4 aromatic rings. The molecule has 0 saturated carbocycles. The van der Waals surface area contributed by atoms with Gasteiger partial charge in [-0.15, -0.1) is 0 Å². The lowest BCUT2D eigenvalue weighted by atomic mass is 10.2. The van der Waals surface area contributed by atoms with Gasteiger partial charge in [-0.05, 0) is 36.4 Å². The number of anilines is 2. The average Bonchev–Trinajstić information content (AvgIpc) is 3.25. The maximum Gasteiger partial charge on any atom is 0.315 e. The summed E-state index contributed by atoms with van der Waals surface area (Å²) in [5.41, 5.74) is 0.532. The number of benzene rings is 2. The van der Waals surface area contributed by atoms with Gasteiger partial charge in [-0.3, -0.25) is 19.7 Å². The zero-order valence-corrected chi connectivity index (χ0v) is 21.0. The van der Waals surface area contributed by atoms with Gasteiger partial charge in [0.2, 0.25) is 0 Å². The normalized spacial score (nSPS) is 10.4. The van der Waals surface area contributed by atoms with E-state index >= 15 is 0 Å². The summed E-state index contributed by atoms with van der Waals surface area (Å²) in [5.74, 6) is -1.76. The van der Waals surface area contributed by atoms with E-state index in [0.29, 0.717) is 26.5 Å². The molecule has 188 valence electrons. The van der Waals surface area contributed by atoms with Crippen molar-refractivity contribution in [3.05, 3.63) is 78.6 Å². The topological polar surface area (TPSA) is 140 Å². The van der Waals surface area contributed by atoms with Crippen LogP contribution in [0.3, 0.4) is 0 Å². The molecule has 0 bridgehead atoms. The van der Waals surface area contributed by atoms with E-state index in [0.717, 1.165) is 11.3 Å². The molecule has 0 fully saturated rings. The zero-order chi connectivity index (χ0) is 26.2. The van der Waals surface area contributed by atoms with Crippen LogP contribution in [0.5, 0.6) is 17.2 Å². The van der Waals surface area contributed by atoms with Crippen molar-refractivity contribution in [2.24, 2.45) is 0 Å². The van der Waals surface area contributed by atoms with E-state index in [9.17, 15) is 19.5 Å². The summed E-state index contributed by atoms with van der Waals surface area (Å²) in [5, 5.41) is 14.9. The molecule has 10 nitrogen and oxygen atoms in total. The van der Waals surface area contributed by atoms with Gasteiger partial charge in [-0.1, -0.05) is 53.4 Å². The molecule has 4 rings (SSSR count). The third kappa shape index (κ3) is 6.84. The van der Waals surface area contributed by atoms with Gasteiger partial charge in [0.25, 0.3) is 0 Å². The largest absolute Gasteiger partial charge is 0.493 e. The highest BCUT2D eigenvalue weighted by molar-refractivity contribution is 8.01. The Labute approximate surface area is 219 Å². The molecule has 0 aliphatic heterocycles. The Kier molecular flexibility index (Phi) is 8.33. The Bertz CT molecular complexity index is 1430. The molecule has 0 aliphatic carbocycles. The molecule has 3 N–H and O–H groups in total. The van der Waals surface area contributed by atoms with E-state index in [-0.39, 0.29) is 22.9 Å². The molecule has 2 amide bonds. The first-order valence-corrected chi connectivity index (χ1v) is 12.4. The number of amides is 2. The van der Waals surface area contributed by atoms with Crippen molar-refractivity contribution in [3.8, 4) is 17.2 Å². The lowest BCUT2D eigenvalue weighted by molar-refractivity contribution is -0.136. The quantitative estimate of drug-likeness (QED) is 0.260. The van der Waals surface area contributed by atoms with Gasteiger partial charge in [-0.25, -0.2) is 9.97 Å². The van der Waals surface area contributed by atoms with Crippen molar-refractivity contribution in [1.29, 1.82) is 0 Å². The second-order valence-electron chi connectivity index (χ2n) is 7.25. The van der Waals surface area contributed by atoms with E-state index in [1.165, 1.54) is 18.9 Å². The number of hydrogen-bond acceptors (Lipinski definition) is 9. The summed E-state index contributed by atoms with van der Waals surface area (Å²) in [6, 6.07) is 19.0. The fourth-order valence-corrected chi connectivity index (χ4v) is 5.10. The molecular formula is C25H20N4O6S2. The van der Waals surface area contributed by atoms with Crippen LogP contribution in [0.1, 0.15) is 5.69 Å². The lowest BCUT2D eigenvalue weighted by Crippen LogP contribution is -2.29. The minimum absolute atomic E-state index is 0.0911. The molecule has 0 unspecified atom stereocenters. The number of methoxy groups -OCH3 is 1. The number of nitrogens with one attached hydrogen (secondary N) is 2. The highest BCUT2D eigenvalue weighted by atomic mass is 32.2. The second kappa shape index (κ2) is 12.0. The molecular weight excluding hydrogens is 516 g/mol. The van der Waals surface area contributed by atoms with E-state index in [2.05, 4.69) is 20.6 Å². The van der Waals surface area contributed by atoms with Crippen LogP contribution in [0.25, 0.3) is 0 Å². The van der Waals surface area contributed by atoms with Gasteiger partial charge in [0.15, 0.2) is 22.4 Å². The maximum absolute atomic E-state index is 12.7. The third-order valence-corrected chi connectivity index (χ3v) is 6.85. The highest BCUT2D eigenvalue weighted by Gasteiger charge is 2.21. The summed E-state index contributed by atoms with van der Waals surface area (Å²) in [6.07, 6.45) is 1.27. The van der Waals surface area contributed by atoms with Crippen LogP contribution < -0.4 is 20.1 Å². The van der Waals surface area contributed by atoms with Gasteiger partial charge in [0.05, 0.1) is 29.1 Å². The first kappa shape index (κ1) is 25.7. The summed E-state index contributed by atoms with van der Waals surface area (Å²) in [6.45, 7) is 0. The summed E-state index contributed by atoms with van der Waals surface area (Å²) < 4.78 is 11.7. The van der Waals surface area contributed by atoms with Gasteiger partial charge in [-0.2, -0.15) is 0 Å². The molecule has 0 aliphatic rings. The Morgan fingerprint density at radius 1 is 0.919 bits per heavy atom. The average molecular weight is 537 g/mol. The molecule has 2 aromatic heterocycles. The molecule has 0 saturated heterocycles. The van der Waals surface area contributed by atoms with Crippen molar-refractivity contribution >= 4 is 51.7 Å². The molecule has 0 atom stereocenters. The number of aliphatic carboxylic acids is 1. The van der Waals surface area contributed by atoms with Crippen molar-refractivity contribution in [1.82, 2.24) is 9.97 Å². The van der Waals surface area contributed by atoms with Crippen LogP contribution in [-0.4, -0.2) is 40.0 Å². The van der Waals surface area contributed by atoms with Gasteiger partial charge >= 0.3 is 17.8 Å². The van der Waals surface area contributed by atoms with Crippen molar-refractivity contribution in [2.45, 2.75) is 15.7 Å². The zero-order valence-electron chi connectivity index (χ0n) is 19.3. The van der Waals surface area contributed by atoms with Gasteiger partial charge in [0, 0.05) is 6.20 Å². The number of hydrogen-bond donors (Lipinski definition) is 3. The van der Waals surface area contributed by atoms with Crippen LogP contribution >= 0.6 is 23.1 Å².